The van der Waals surface area contributed by atoms with Gasteiger partial charge in [-0.15, -0.1) is 0 Å². The van der Waals surface area contributed by atoms with E-state index in [0.29, 0.717) is 6.10 Å². The Labute approximate surface area is 110 Å². The van der Waals surface area contributed by atoms with Crippen molar-refractivity contribution in [1.82, 2.24) is 0 Å². The van der Waals surface area contributed by atoms with Crippen molar-refractivity contribution >= 4 is 0 Å². The predicted molar refractivity (Wildman–Crippen MR) is 73.7 cm³/mol. The van der Waals surface area contributed by atoms with Crippen molar-refractivity contribution in [1.29, 1.82) is 0 Å². The summed E-state index contributed by atoms with van der Waals surface area (Å²) in [5, 5.41) is 10.7. The summed E-state index contributed by atoms with van der Waals surface area (Å²) in [4.78, 5) is 0. The molecule has 2 unspecified atom stereocenters. The largest absolute Gasteiger partial charge is 0.385 e. The molecule has 1 heterocycles. The van der Waals surface area contributed by atoms with E-state index in [1.165, 1.54) is 5.56 Å². The number of benzene rings is 1. The van der Waals surface area contributed by atoms with Gasteiger partial charge in [0.15, 0.2) is 0 Å². The van der Waals surface area contributed by atoms with Crippen LogP contribution in [0.3, 0.4) is 0 Å². The SMILES string of the molecule is Cc1ccc(C)c(C(C)(O)CCC2CCCO2)c1. The molecule has 1 aliphatic heterocycles. The summed E-state index contributed by atoms with van der Waals surface area (Å²) in [7, 11) is 0. The highest BCUT2D eigenvalue weighted by molar-refractivity contribution is 5.34. The predicted octanol–water partition coefficient (Wildman–Crippen LogP) is 3.47. The van der Waals surface area contributed by atoms with E-state index in [0.717, 1.165) is 43.4 Å². The minimum Gasteiger partial charge on any atom is -0.385 e. The monoisotopic (exact) mass is 248 g/mol. The Balaban J connectivity index is 2.06. The zero-order valence-corrected chi connectivity index (χ0v) is 11.7. The lowest BCUT2D eigenvalue weighted by Crippen LogP contribution is -2.24. The van der Waals surface area contributed by atoms with Crippen LogP contribution in [-0.2, 0) is 10.3 Å². The summed E-state index contributed by atoms with van der Waals surface area (Å²) < 4.78 is 5.63. The van der Waals surface area contributed by atoms with Crippen LogP contribution < -0.4 is 0 Å². The van der Waals surface area contributed by atoms with Crippen LogP contribution in [0.4, 0.5) is 0 Å². The van der Waals surface area contributed by atoms with Crippen molar-refractivity contribution in [3.63, 3.8) is 0 Å². The van der Waals surface area contributed by atoms with Gasteiger partial charge in [0.2, 0.25) is 0 Å². The molecule has 0 saturated carbocycles. The first-order chi connectivity index (χ1) is 8.49. The zero-order chi connectivity index (χ0) is 13.2. The summed E-state index contributed by atoms with van der Waals surface area (Å²) >= 11 is 0. The smallest absolute Gasteiger partial charge is 0.0872 e. The fourth-order valence-corrected chi connectivity index (χ4v) is 2.76. The van der Waals surface area contributed by atoms with Gasteiger partial charge in [-0.05, 0) is 57.6 Å². The molecule has 2 nitrogen and oxygen atoms in total. The van der Waals surface area contributed by atoms with Crippen molar-refractivity contribution in [2.24, 2.45) is 0 Å². The van der Waals surface area contributed by atoms with E-state index in [-0.39, 0.29) is 0 Å². The molecule has 2 rings (SSSR count). The maximum absolute atomic E-state index is 10.7. The summed E-state index contributed by atoms with van der Waals surface area (Å²) in [5.41, 5.74) is 2.67. The topological polar surface area (TPSA) is 29.5 Å². The number of aliphatic hydroxyl groups is 1. The van der Waals surface area contributed by atoms with Gasteiger partial charge in [-0.2, -0.15) is 0 Å². The number of hydrogen-bond acceptors (Lipinski definition) is 2. The molecular weight excluding hydrogens is 224 g/mol. The highest BCUT2D eigenvalue weighted by Crippen LogP contribution is 2.31. The van der Waals surface area contributed by atoms with Crippen molar-refractivity contribution in [3.8, 4) is 0 Å². The van der Waals surface area contributed by atoms with E-state index in [2.05, 4.69) is 32.0 Å². The summed E-state index contributed by atoms with van der Waals surface area (Å²) in [6, 6.07) is 6.28. The summed E-state index contributed by atoms with van der Waals surface area (Å²) in [6.45, 7) is 6.94. The Bertz CT molecular complexity index is 404. The molecule has 0 bridgehead atoms. The molecule has 1 aromatic carbocycles. The molecule has 0 aliphatic carbocycles. The maximum atomic E-state index is 10.7. The van der Waals surface area contributed by atoms with Crippen molar-refractivity contribution in [3.05, 3.63) is 34.9 Å². The van der Waals surface area contributed by atoms with Crippen molar-refractivity contribution in [2.45, 2.75) is 58.2 Å². The highest BCUT2D eigenvalue weighted by atomic mass is 16.5. The third-order valence-corrected chi connectivity index (χ3v) is 3.95. The molecule has 1 saturated heterocycles. The second-order valence-corrected chi connectivity index (χ2v) is 5.77. The van der Waals surface area contributed by atoms with Gasteiger partial charge < -0.3 is 9.84 Å². The fraction of sp³-hybridized carbons (Fsp3) is 0.625. The molecule has 0 aromatic heterocycles. The molecule has 1 aromatic rings. The second kappa shape index (κ2) is 5.41. The van der Waals surface area contributed by atoms with Gasteiger partial charge in [-0.1, -0.05) is 23.8 Å². The second-order valence-electron chi connectivity index (χ2n) is 5.77. The van der Waals surface area contributed by atoms with Crippen LogP contribution in [0.2, 0.25) is 0 Å². The molecule has 100 valence electrons. The molecule has 18 heavy (non-hydrogen) atoms. The summed E-state index contributed by atoms with van der Waals surface area (Å²) in [5.74, 6) is 0. The Morgan fingerprint density at radius 3 is 2.83 bits per heavy atom. The maximum Gasteiger partial charge on any atom is 0.0872 e. The Hall–Kier alpha value is -0.860. The first kappa shape index (κ1) is 13.6. The number of aryl methyl sites for hydroxylation is 2. The van der Waals surface area contributed by atoms with Gasteiger partial charge >= 0.3 is 0 Å². The molecular formula is C16H24O2. The molecule has 1 fully saturated rings. The zero-order valence-electron chi connectivity index (χ0n) is 11.7. The van der Waals surface area contributed by atoms with E-state index < -0.39 is 5.60 Å². The average Bonchev–Trinajstić information content (AvgIpc) is 2.83. The molecule has 0 spiro atoms. The Morgan fingerprint density at radius 2 is 2.17 bits per heavy atom. The molecule has 2 atom stereocenters. The van der Waals surface area contributed by atoms with Gasteiger partial charge in [-0.3, -0.25) is 0 Å². The first-order valence-corrected chi connectivity index (χ1v) is 6.91. The third-order valence-electron chi connectivity index (χ3n) is 3.95. The van der Waals surface area contributed by atoms with Gasteiger partial charge in [-0.25, -0.2) is 0 Å². The molecule has 0 amide bonds. The Morgan fingerprint density at radius 1 is 1.39 bits per heavy atom. The minimum absolute atomic E-state index is 0.349. The minimum atomic E-state index is -0.748. The van der Waals surface area contributed by atoms with E-state index in [1.807, 2.05) is 6.92 Å². The van der Waals surface area contributed by atoms with Crippen LogP contribution in [0, 0.1) is 13.8 Å². The normalized spacial score (nSPS) is 23.0. The van der Waals surface area contributed by atoms with Gasteiger partial charge in [0.05, 0.1) is 11.7 Å². The van der Waals surface area contributed by atoms with Gasteiger partial charge in [0, 0.05) is 6.61 Å². The van der Waals surface area contributed by atoms with Crippen LogP contribution in [-0.4, -0.2) is 17.8 Å². The van der Waals surface area contributed by atoms with Crippen molar-refractivity contribution in [2.75, 3.05) is 6.61 Å². The van der Waals surface area contributed by atoms with Crippen LogP contribution in [0.15, 0.2) is 18.2 Å². The quantitative estimate of drug-likeness (QED) is 0.884. The van der Waals surface area contributed by atoms with E-state index in [9.17, 15) is 5.11 Å². The van der Waals surface area contributed by atoms with Crippen LogP contribution in [0.25, 0.3) is 0 Å². The molecule has 1 N–H and O–H groups in total. The van der Waals surface area contributed by atoms with Crippen LogP contribution in [0.1, 0.15) is 49.3 Å². The van der Waals surface area contributed by atoms with Gasteiger partial charge in [0.25, 0.3) is 0 Å². The Kier molecular flexibility index (Phi) is 4.08. The van der Waals surface area contributed by atoms with Crippen LogP contribution >= 0.6 is 0 Å². The van der Waals surface area contributed by atoms with Crippen molar-refractivity contribution < 1.29 is 9.84 Å². The van der Waals surface area contributed by atoms with E-state index >= 15 is 0 Å². The molecule has 1 aliphatic rings. The standard InChI is InChI=1S/C16H24O2/c1-12-6-7-13(2)15(11-12)16(3,17)9-8-14-5-4-10-18-14/h6-7,11,14,17H,4-5,8-10H2,1-3H3. The molecule has 2 heteroatoms. The fourth-order valence-electron chi connectivity index (χ4n) is 2.76. The highest BCUT2D eigenvalue weighted by Gasteiger charge is 2.27. The van der Waals surface area contributed by atoms with E-state index in [4.69, 9.17) is 4.74 Å². The number of rotatable bonds is 4. The lowest BCUT2D eigenvalue weighted by atomic mass is 9.86. The van der Waals surface area contributed by atoms with Crippen LogP contribution in [0.5, 0.6) is 0 Å². The van der Waals surface area contributed by atoms with E-state index in [1.54, 1.807) is 0 Å². The summed E-state index contributed by atoms with van der Waals surface area (Å²) in [6.07, 6.45) is 4.36. The average molecular weight is 248 g/mol. The number of ether oxygens (including phenoxy) is 1. The lowest BCUT2D eigenvalue weighted by molar-refractivity contribution is 0.0216. The third kappa shape index (κ3) is 3.12. The van der Waals surface area contributed by atoms with Gasteiger partial charge in [0.1, 0.15) is 0 Å². The lowest BCUT2D eigenvalue weighted by Gasteiger charge is -2.27. The molecule has 0 radical (unpaired) electrons. The number of hydrogen-bond donors (Lipinski definition) is 1. The first-order valence-electron chi connectivity index (χ1n) is 6.91.